The average Bonchev–Trinajstić information content (AvgIpc) is 2.47. The van der Waals surface area contributed by atoms with Crippen LogP contribution in [0.2, 0.25) is 0 Å². The summed E-state index contributed by atoms with van der Waals surface area (Å²) in [4.78, 5) is 12.3. The van der Waals surface area contributed by atoms with Gasteiger partial charge in [-0.3, -0.25) is 4.79 Å². The number of amides is 1. The number of nitriles is 1. The Morgan fingerprint density at radius 2 is 2.29 bits per heavy atom. The molecule has 1 fully saturated rings. The molecular formula is C17H22N2OS. The van der Waals surface area contributed by atoms with Crippen LogP contribution >= 0.6 is 11.8 Å². The SMILES string of the molecule is CC1CCCC(SC(C)C(=O)Nc2cccc(C#N)c2)C1. The molecule has 0 radical (unpaired) electrons. The van der Waals surface area contributed by atoms with Crippen LogP contribution in [0.1, 0.15) is 45.1 Å². The van der Waals surface area contributed by atoms with Crippen LogP contribution in [0, 0.1) is 17.2 Å². The van der Waals surface area contributed by atoms with Gasteiger partial charge < -0.3 is 5.32 Å². The van der Waals surface area contributed by atoms with Crippen LogP contribution in [0.5, 0.6) is 0 Å². The fourth-order valence-corrected chi connectivity index (χ4v) is 4.27. The number of hydrogen-bond acceptors (Lipinski definition) is 3. The van der Waals surface area contributed by atoms with Gasteiger partial charge in [0, 0.05) is 10.9 Å². The minimum absolute atomic E-state index is 0.0216. The maximum atomic E-state index is 12.3. The van der Waals surface area contributed by atoms with Gasteiger partial charge >= 0.3 is 0 Å². The van der Waals surface area contributed by atoms with Crippen molar-refractivity contribution in [2.45, 2.75) is 50.0 Å². The van der Waals surface area contributed by atoms with Crippen LogP contribution in [-0.4, -0.2) is 16.4 Å². The fourth-order valence-electron chi connectivity index (χ4n) is 2.76. The van der Waals surface area contributed by atoms with Crippen molar-refractivity contribution >= 4 is 23.4 Å². The van der Waals surface area contributed by atoms with Gasteiger partial charge in [-0.1, -0.05) is 25.8 Å². The van der Waals surface area contributed by atoms with Crippen LogP contribution in [-0.2, 0) is 4.79 Å². The first-order chi connectivity index (χ1) is 10.1. The van der Waals surface area contributed by atoms with Crippen LogP contribution in [0.4, 0.5) is 5.69 Å². The Morgan fingerprint density at radius 3 is 3.00 bits per heavy atom. The molecule has 0 bridgehead atoms. The first-order valence-electron chi connectivity index (χ1n) is 7.55. The fraction of sp³-hybridized carbons (Fsp3) is 0.529. The van der Waals surface area contributed by atoms with Crippen LogP contribution in [0.25, 0.3) is 0 Å². The third kappa shape index (κ3) is 4.78. The van der Waals surface area contributed by atoms with E-state index in [-0.39, 0.29) is 11.2 Å². The minimum atomic E-state index is -0.0639. The van der Waals surface area contributed by atoms with E-state index in [1.165, 1.54) is 25.7 Å². The first kappa shape index (κ1) is 15.9. The zero-order valence-corrected chi connectivity index (χ0v) is 13.5. The Hall–Kier alpha value is -1.47. The summed E-state index contributed by atoms with van der Waals surface area (Å²) >= 11 is 1.78. The lowest BCUT2D eigenvalue weighted by molar-refractivity contribution is -0.115. The molecule has 0 aromatic heterocycles. The van der Waals surface area contributed by atoms with E-state index in [4.69, 9.17) is 5.26 Å². The molecular weight excluding hydrogens is 280 g/mol. The van der Waals surface area contributed by atoms with Crippen LogP contribution in [0.3, 0.4) is 0 Å². The van der Waals surface area contributed by atoms with E-state index in [9.17, 15) is 4.79 Å². The maximum absolute atomic E-state index is 12.3. The summed E-state index contributed by atoms with van der Waals surface area (Å²) in [6.45, 7) is 4.26. The van der Waals surface area contributed by atoms with Gasteiger partial charge in [0.25, 0.3) is 0 Å². The third-order valence-electron chi connectivity index (χ3n) is 3.91. The predicted molar refractivity (Wildman–Crippen MR) is 88.3 cm³/mol. The molecule has 21 heavy (non-hydrogen) atoms. The molecule has 1 N–H and O–H groups in total. The normalized spacial score (nSPS) is 23.1. The van der Waals surface area contributed by atoms with E-state index in [0.29, 0.717) is 16.5 Å². The van der Waals surface area contributed by atoms with Gasteiger partial charge in [0.15, 0.2) is 0 Å². The average molecular weight is 302 g/mol. The topological polar surface area (TPSA) is 52.9 Å². The molecule has 0 saturated heterocycles. The van der Waals surface area contributed by atoms with Gasteiger partial charge in [-0.15, -0.1) is 11.8 Å². The lowest BCUT2D eigenvalue weighted by Crippen LogP contribution is -2.26. The highest BCUT2D eigenvalue weighted by molar-refractivity contribution is 8.01. The lowest BCUT2D eigenvalue weighted by atomic mass is 9.91. The summed E-state index contributed by atoms with van der Waals surface area (Å²) in [6, 6.07) is 9.13. The van der Waals surface area contributed by atoms with Gasteiger partial charge in [0.2, 0.25) is 5.91 Å². The van der Waals surface area contributed by atoms with Crippen molar-refractivity contribution in [3.63, 3.8) is 0 Å². The van der Waals surface area contributed by atoms with Crippen LogP contribution in [0.15, 0.2) is 24.3 Å². The van der Waals surface area contributed by atoms with Crippen molar-refractivity contribution in [1.29, 1.82) is 5.26 Å². The second-order valence-electron chi connectivity index (χ2n) is 5.85. The molecule has 112 valence electrons. The summed E-state index contributed by atoms with van der Waals surface area (Å²) in [5, 5.41) is 12.3. The van der Waals surface area contributed by atoms with Crippen molar-refractivity contribution in [2.24, 2.45) is 5.92 Å². The molecule has 1 amide bonds. The highest BCUT2D eigenvalue weighted by Crippen LogP contribution is 2.34. The Kier molecular flexibility index (Phi) is 5.69. The van der Waals surface area contributed by atoms with E-state index in [2.05, 4.69) is 18.3 Å². The highest BCUT2D eigenvalue weighted by atomic mass is 32.2. The molecule has 1 saturated carbocycles. The third-order valence-corrected chi connectivity index (χ3v) is 5.35. The van der Waals surface area contributed by atoms with Gasteiger partial charge in [-0.2, -0.15) is 5.26 Å². The number of anilines is 1. The van der Waals surface area contributed by atoms with Crippen molar-refractivity contribution in [1.82, 2.24) is 0 Å². The number of nitrogens with one attached hydrogen (secondary N) is 1. The van der Waals surface area contributed by atoms with Crippen molar-refractivity contribution in [3.8, 4) is 6.07 Å². The van der Waals surface area contributed by atoms with Gasteiger partial charge in [-0.25, -0.2) is 0 Å². The summed E-state index contributed by atoms with van der Waals surface area (Å²) in [7, 11) is 0. The number of carbonyl (C=O) groups is 1. The number of rotatable bonds is 4. The van der Waals surface area contributed by atoms with E-state index < -0.39 is 0 Å². The second kappa shape index (κ2) is 7.51. The lowest BCUT2D eigenvalue weighted by Gasteiger charge is -2.28. The Labute approximate surface area is 131 Å². The Balaban J connectivity index is 1.88. The quantitative estimate of drug-likeness (QED) is 0.907. The molecule has 1 aromatic carbocycles. The maximum Gasteiger partial charge on any atom is 0.237 e. The second-order valence-corrected chi connectivity index (χ2v) is 7.50. The standard InChI is InChI=1S/C17H22N2OS/c1-12-5-3-8-16(9-12)21-13(2)17(20)19-15-7-4-6-14(10-15)11-18/h4,6-7,10,12-13,16H,3,5,8-9H2,1-2H3,(H,19,20). The predicted octanol–water partition coefficient (Wildman–Crippen LogP) is 4.20. The van der Waals surface area contributed by atoms with E-state index in [0.717, 1.165) is 5.92 Å². The van der Waals surface area contributed by atoms with Crippen molar-refractivity contribution < 1.29 is 4.79 Å². The molecule has 3 nitrogen and oxygen atoms in total. The molecule has 1 aromatic rings. The monoisotopic (exact) mass is 302 g/mol. The zero-order valence-electron chi connectivity index (χ0n) is 12.6. The molecule has 3 unspecified atom stereocenters. The Morgan fingerprint density at radius 1 is 1.48 bits per heavy atom. The molecule has 3 atom stereocenters. The number of benzene rings is 1. The minimum Gasteiger partial charge on any atom is -0.325 e. The number of hydrogen-bond donors (Lipinski definition) is 1. The number of thioether (sulfide) groups is 1. The molecule has 0 spiro atoms. The van der Waals surface area contributed by atoms with Gasteiger partial charge in [0.05, 0.1) is 16.9 Å². The molecule has 1 aliphatic carbocycles. The number of carbonyl (C=O) groups excluding carboxylic acids is 1. The van der Waals surface area contributed by atoms with Crippen molar-refractivity contribution in [3.05, 3.63) is 29.8 Å². The first-order valence-corrected chi connectivity index (χ1v) is 8.49. The summed E-state index contributed by atoms with van der Waals surface area (Å²) in [6.07, 6.45) is 5.03. The Bertz CT molecular complexity index is 538. The highest BCUT2D eigenvalue weighted by Gasteiger charge is 2.24. The largest absolute Gasteiger partial charge is 0.325 e. The molecule has 0 aliphatic heterocycles. The van der Waals surface area contributed by atoms with Crippen molar-refractivity contribution in [2.75, 3.05) is 5.32 Å². The number of nitrogens with zero attached hydrogens (tertiary/aromatic N) is 1. The van der Waals surface area contributed by atoms with E-state index in [1.54, 1.807) is 30.0 Å². The van der Waals surface area contributed by atoms with Crippen LogP contribution < -0.4 is 5.32 Å². The smallest absolute Gasteiger partial charge is 0.237 e. The molecule has 1 aliphatic rings. The molecule has 2 rings (SSSR count). The van der Waals surface area contributed by atoms with E-state index in [1.807, 2.05) is 13.0 Å². The molecule has 4 heteroatoms. The van der Waals surface area contributed by atoms with Gasteiger partial charge in [0.1, 0.15) is 0 Å². The summed E-state index contributed by atoms with van der Waals surface area (Å²) < 4.78 is 0. The van der Waals surface area contributed by atoms with E-state index >= 15 is 0 Å². The summed E-state index contributed by atoms with van der Waals surface area (Å²) in [5.41, 5.74) is 1.26. The summed E-state index contributed by atoms with van der Waals surface area (Å²) in [5.74, 6) is 0.798. The zero-order chi connectivity index (χ0) is 15.2. The van der Waals surface area contributed by atoms with Gasteiger partial charge in [-0.05, 0) is 43.9 Å². The molecule has 0 heterocycles.